The zero-order valence-electron chi connectivity index (χ0n) is 5.42. The van der Waals surface area contributed by atoms with Gasteiger partial charge < -0.3 is 5.11 Å². The molecule has 1 aromatic rings. The summed E-state index contributed by atoms with van der Waals surface area (Å²) >= 11 is 0. The summed E-state index contributed by atoms with van der Waals surface area (Å²) in [5.74, 6) is -2.46. The van der Waals surface area contributed by atoms with E-state index in [2.05, 4.69) is 6.92 Å². The van der Waals surface area contributed by atoms with Crippen LogP contribution in [0.1, 0.15) is 5.56 Å². The van der Waals surface area contributed by atoms with Gasteiger partial charge >= 0.3 is 0 Å². The van der Waals surface area contributed by atoms with Crippen molar-refractivity contribution >= 4 is 0 Å². The standard InChI is InChI=1S/C8H8FO/c1-8(9,10)7-5-3-2-4-6-7/h2-6,10H,1H2. The molecule has 2 heteroatoms. The quantitative estimate of drug-likeness (QED) is 0.627. The second kappa shape index (κ2) is 2.39. The average molecular weight is 139 g/mol. The highest BCUT2D eigenvalue weighted by Crippen LogP contribution is 2.19. The number of benzene rings is 1. The van der Waals surface area contributed by atoms with Crippen LogP contribution in [0.2, 0.25) is 0 Å². The van der Waals surface area contributed by atoms with E-state index in [9.17, 15) is 4.39 Å². The van der Waals surface area contributed by atoms with Crippen molar-refractivity contribution in [1.82, 2.24) is 0 Å². The van der Waals surface area contributed by atoms with Crippen molar-refractivity contribution < 1.29 is 9.50 Å². The minimum atomic E-state index is -2.46. The maximum Gasteiger partial charge on any atom is 0.233 e. The summed E-state index contributed by atoms with van der Waals surface area (Å²) in [6.45, 7) is 2.93. The minimum Gasteiger partial charge on any atom is -0.358 e. The van der Waals surface area contributed by atoms with Crippen molar-refractivity contribution in [2.24, 2.45) is 0 Å². The number of rotatable bonds is 1. The molecule has 1 N–H and O–H groups in total. The van der Waals surface area contributed by atoms with Gasteiger partial charge in [0, 0.05) is 12.5 Å². The van der Waals surface area contributed by atoms with Gasteiger partial charge in [-0.3, -0.25) is 0 Å². The molecule has 0 spiro atoms. The van der Waals surface area contributed by atoms with Crippen LogP contribution in [0, 0.1) is 6.92 Å². The minimum absolute atomic E-state index is 0.176. The van der Waals surface area contributed by atoms with E-state index in [1.165, 1.54) is 12.1 Å². The van der Waals surface area contributed by atoms with Crippen molar-refractivity contribution in [3.05, 3.63) is 42.8 Å². The van der Waals surface area contributed by atoms with Crippen LogP contribution in [0.3, 0.4) is 0 Å². The molecule has 0 amide bonds. The fourth-order valence-electron chi connectivity index (χ4n) is 0.694. The van der Waals surface area contributed by atoms with Crippen molar-refractivity contribution in [1.29, 1.82) is 0 Å². The van der Waals surface area contributed by atoms with Crippen LogP contribution in [0.5, 0.6) is 0 Å². The van der Waals surface area contributed by atoms with E-state index in [0.29, 0.717) is 0 Å². The molecule has 1 unspecified atom stereocenters. The summed E-state index contributed by atoms with van der Waals surface area (Å²) in [7, 11) is 0. The van der Waals surface area contributed by atoms with E-state index in [4.69, 9.17) is 5.11 Å². The lowest BCUT2D eigenvalue weighted by atomic mass is 10.1. The Kier molecular flexibility index (Phi) is 1.72. The van der Waals surface area contributed by atoms with Gasteiger partial charge in [0.1, 0.15) is 0 Å². The van der Waals surface area contributed by atoms with Gasteiger partial charge in [-0.05, 0) is 0 Å². The summed E-state index contributed by atoms with van der Waals surface area (Å²) in [6.07, 6.45) is 0. The van der Waals surface area contributed by atoms with Gasteiger partial charge in [-0.2, -0.15) is 0 Å². The highest BCUT2D eigenvalue weighted by Gasteiger charge is 2.19. The monoisotopic (exact) mass is 139 g/mol. The largest absolute Gasteiger partial charge is 0.358 e. The van der Waals surface area contributed by atoms with Crippen LogP contribution in [0.15, 0.2) is 30.3 Å². The molecule has 1 aromatic carbocycles. The Balaban J connectivity index is 2.97. The summed E-state index contributed by atoms with van der Waals surface area (Å²) in [6, 6.07) is 7.99. The molecule has 0 aliphatic rings. The molecule has 1 atom stereocenters. The van der Waals surface area contributed by atoms with Gasteiger partial charge in [0.05, 0.1) is 0 Å². The zero-order valence-corrected chi connectivity index (χ0v) is 5.42. The molecule has 0 aromatic heterocycles. The van der Waals surface area contributed by atoms with Gasteiger partial charge in [0.25, 0.3) is 0 Å². The van der Waals surface area contributed by atoms with Crippen LogP contribution in [-0.2, 0) is 5.85 Å². The predicted molar refractivity (Wildman–Crippen MR) is 36.8 cm³/mol. The molecule has 10 heavy (non-hydrogen) atoms. The van der Waals surface area contributed by atoms with Gasteiger partial charge in [0.15, 0.2) is 0 Å². The van der Waals surface area contributed by atoms with Crippen molar-refractivity contribution in [2.75, 3.05) is 0 Å². The third-order valence-corrected chi connectivity index (χ3v) is 1.22. The predicted octanol–water partition coefficient (Wildman–Crippen LogP) is 1.64. The number of hydrogen-bond acceptors (Lipinski definition) is 1. The van der Waals surface area contributed by atoms with Gasteiger partial charge in [0.2, 0.25) is 5.85 Å². The van der Waals surface area contributed by atoms with E-state index in [-0.39, 0.29) is 5.56 Å². The molecule has 0 saturated carbocycles. The average Bonchev–Trinajstić information content (AvgIpc) is 1.88. The normalized spacial score (nSPS) is 16.3. The maximum atomic E-state index is 12.6. The van der Waals surface area contributed by atoms with Crippen molar-refractivity contribution in [3.63, 3.8) is 0 Å². The van der Waals surface area contributed by atoms with Gasteiger partial charge in [-0.1, -0.05) is 30.3 Å². The number of hydrogen-bond donors (Lipinski definition) is 1. The molecule has 0 aliphatic carbocycles. The van der Waals surface area contributed by atoms with Crippen LogP contribution < -0.4 is 0 Å². The Bertz CT molecular complexity index is 200. The van der Waals surface area contributed by atoms with Crippen LogP contribution in [0.25, 0.3) is 0 Å². The van der Waals surface area contributed by atoms with Crippen LogP contribution in [0.4, 0.5) is 4.39 Å². The second-order valence-corrected chi connectivity index (χ2v) is 2.13. The third-order valence-electron chi connectivity index (χ3n) is 1.22. The first-order valence-electron chi connectivity index (χ1n) is 2.93. The molecule has 1 rings (SSSR count). The summed E-state index contributed by atoms with van der Waals surface area (Å²) in [5.41, 5.74) is 0.176. The Morgan fingerprint density at radius 1 is 1.30 bits per heavy atom. The van der Waals surface area contributed by atoms with Crippen molar-refractivity contribution in [3.8, 4) is 0 Å². The van der Waals surface area contributed by atoms with E-state index in [1.54, 1.807) is 18.2 Å². The van der Waals surface area contributed by atoms with E-state index in [1.807, 2.05) is 0 Å². The fourth-order valence-corrected chi connectivity index (χ4v) is 0.694. The first-order valence-corrected chi connectivity index (χ1v) is 2.93. The first kappa shape index (κ1) is 7.22. The lowest BCUT2D eigenvalue weighted by Gasteiger charge is -2.11. The highest BCUT2D eigenvalue weighted by atomic mass is 19.2. The molecule has 0 bridgehead atoms. The molecule has 0 saturated heterocycles. The molecular formula is C8H8FO. The molecule has 0 heterocycles. The fraction of sp³-hybridized carbons (Fsp3) is 0.125. The smallest absolute Gasteiger partial charge is 0.233 e. The molecule has 0 aliphatic heterocycles. The van der Waals surface area contributed by atoms with E-state index >= 15 is 0 Å². The third kappa shape index (κ3) is 1.54. The summed E-state index contributed by atoms with van der Waals surface area (Å²) in [5, 5.41) is 8.71. The Morgan fingerprint density at radius 2 is 1.80 bits per heavy atom. The molecule has 0 fully saturated rings. The molecule has 1 nitrogen and oxygen atoms in total. The second-order valence-electron chi connectivity index (χ2n) is 2.13. The number of alkyl halides is 1. The topological polar surface area (TPSA) is 20.2 Å². The molecule has 53 valence electrons. The SMILES string of the molecule is [CH2]C(O)(F)c1ccccc1. The lowest BCUT2D eigenvalue weighted by molar-refractivity contribution is -0.0499. The maximum absolute atomic E-state index is 12.6. The van der Waals surface area contributed by atoms with E-state index < -0.39 is 5.85 Å². The van der Waals surface area contributed by atoms with Gasteiger partial charge in [-0.15, -0.1) is 0 Å². The Morgan fingerprint density at radius 3 is 2.10 bits per heavy atom. The van der Waals surface area contributed by atoms with Crippen LogP contribution in [-0.4, -0.2) is 5.11 Å². The number of aliphatic hydroxyl groups is 1. The Labute approximate surface area is 59.1 Å². The van der Waals surface area contributed by atoms with Crippen LogP contribution >= 0.6 is 0 Å². The molecule has 1 radical (unpaired) electrons. The van der Waals surface area contributed by atoms with E-state index in [0.717, 1.165) is 0 Å². The number of halogens is 1. The zero-order chi connectivity index (χ0) is 7.61. The van der Waals surface area contributed by atoms with Crippen molar-refractivity contribution in [2.45, 2.75) is 5.85 Å². The highest BCUT2D eigenvalue weighted by molar-refractivity contribution is 5.20. The van der Waals surface area contributed by atoms with Gasteiger partial charge in [-0.25, -0.2) is 4.39 Å². The summed E-state index contributed by atoms with van der Waals surface area (Å²) < 4.78 is 12.6. The lowest BCUT2D eigenvalue weighted by Crippen LogP contribution is -2.13. The molecular weight excluding hydrogens is 131 g/mol. The first-order chi connectivity index (χ1) is 4.61. The summed E-state index contributed by atoms with van der Waals surface area (Å²) in [4.78, 5) is 0. The Hall–Kier alpha value is -0.890.